The minimum atomic E-state index is 0.237. The molecule has 0 amide bonds. The van der Waals surface area contributed by atoms with Gasteiger partial charge in [-0.05, 0) is 39.5 Å². The van der Waals surface area contributed by atoms with Gasteiger partial charge in [0.05, 0.1) is 16.0 Å². The van der Waals surface area contributed by atoms with Gasteiger partial charge in [0.2, 0.25) is 0 Å². The van der Waals surface area contributed by atoms with Crippen molar-refractivity contribution in [2.45, 2.75) is 13.0 Å². The van der Waals surface area contributed by atoms with Crippen LogP contribution < -0.4 is 5.32 Å². The molecule has 3 nitrogen and oxygen atoms in total. The largest absolute Gasteiger partial charge is 0.306 e. The number of nitrogens with one attached hydrogen (secondary N) is 1. The van der Waals surface area contributed by atoms with Crippen LogP contribution in [0.2, 0.25) is 0 Å². The first kappa shape index (κ1) is 11.8. The van der Waals surface area contributed by atoms with Crippen molar-refractivity contribution in [1.82, 2.24) is 15.1 Å². The van der Waals surface area contributed by atoms with Crippen molar-refractivity contribution >= 4 is 27.3 Å². The van der Waals surface area contributed by atoms with E-state index in [4.69, 9.17) is 0 Å². The van der Waals surface area contributed by atoms with E-state index in [0.717, 1.165) is 10.3 Å². The van der Waals surface area contributed by atoms with Crippen LogP contribution >= 0.6 is 27.3 Å². The molecule has 0 aliphatic carbocycles. The minimum Gasteiger partial charge on any atom is -0.306 e. The quantitative estimate of drug-likeness (QED) is 0.941. The van der Waals surface area contributed by atoms with Crippen LogP contribution in [0.15, 0.2) is 27.6 Å². The molecule has 0 saturated heterocycles. The van der Waals surface area contributed by atoms with Gasteiger partial charge in [0.25, 0.3) is 0 Å². The normalized spacial score (nSPS) is 12.9. The first-order valence-electron chi connectivity index (χ1n) is 5.16. The molecule has 2 aromatic heterocycles. The van der Waals surface area contributed by atoms with Crippen molar-refractivity contribution in [2.24, 2.45) is 7.05 Å². The zero-order chi connectivity index (χ0) is 11.5. The summed E-state index contributed by atoms with van der Waals surface area (Å²) in [4.78, 5) is 0. The Morgan fingerprint density at radius 3 is 2.88 bits per heavy atom. The SMILES string of the molecule is CCNC(c1csc(Br)c1)c1cnn(C)c1. The third-order valence-electron chi connectivity index (χ3n) is 2.39. The van der Waals surface area contributed by atoms with Crippen molar-refractivity contribution in [3.8, 4) is 0 Å². The summed E-state index contributed by atoms with van der Waals surface area (Å²) in [6.07, 6.45) is 3.97. The van der Waals surface area contributed by atoms with E-state index in [1.165, 1.54) is 11.1 Å². The second-order valence-electron chi connectivity index (χ2n) is 3.62. The topological polar surface area (TPSA) is 29.9 Å². The molecule has 0 aliphatic heterocycles. The molecule has 0 aliphatic rings. The molecule has 1 unspecified atom stereocenters. The number of aryl methyl sites for hydroxylation is 1. The van der Waals surface area contributed by atoms with E-state index >= 15 is 0 Å². The standard InChI is InChI=1S/C11H14BrN3S/c1-3-13-11(8-4-10(12)16-7-8)9-5-14-15(2)6-9/h4-7,11,13H,3H2,1-2H3. The molecule has 2 aromatic rings. The molecule has 0 radical (unpaired) electrons. The second kappa shape index (κ2) is 5.12. The summed E-state index contributed by atoms with van der Waals surface area (Å²) in [6, 6.07) is 2.39. The fourth-order valence-corrected chi connectivity index (χ4v) is 2.90. The first-order chi connectivity index (χ1) is 7.70. The lowest BCUT2D eigenvalue weighted by molar-refractivity contribution is 0.631. The van der Waals surface area contributed by atoms with E-state index in [9.17, 15) is 0 Å². The molecule has 2 heterocycles. The van der Waals surface area contributed by atoms with Gasteiger partial charge in [0, 0.05) is 18.8 Å². The summed E-state index contributed by atoms with van der Waals surface area (Å²) in [7, 11) is 1.94. The number of hydrogen-bond donors (Lipinski definition) is 1. The van der Waals surface area contributed by atoms with Gasteiger partial charge in [-0.25, -0.2) is 0 Å². The first-order valence-corrected chi connectivity index (χ1v) is 6.84. The molecule has 16 heavy (non-hydrogen) atoms. The minimum absolute atomic E-state index is 0.237. The maximum absolute atomic E-state index is 4.22. The molecule has 1 atom stereocenters. The summed E-state index contributed by atoms with van der Waals surface area (Å²) in [5.41, 5.74) is 2.49. The molecule has 5 heteroatoms. The highest BCUT2D eigenvalue weighted by atomic mass is 79.9. The van der Waals surface area contributed by atoms with Crippen LogP contribution in [0.3, 0.4) is 0 Å². The van der Waals surface area contributed by atoms with E-state index in [-0.39, 0.29) is 6.04 Å². The van der Waals surface area contributed by atoms with Crippen LogP contribution in [-0.4, -0.2) is 16.3 Å². The van der Waals surface area contributed by atoms with Crippen LogP contribution in [0.5, 0.6) is 0 Å². The summed E-state index contributed by atoms with van der Waals surface area (Å²) in [5.74, 6) is 0. The highest BCUT2D eigenvalue weighted by molar-refractivity contribution is 9.11. The van der Waals surface area contributed by atoms with Gasteiger partial charge in [0.15, 0.2) is 0 Å². The van der Waals surface area contributed by atoms with Gasteiger partial charge in [0.1, 0.15) is 0 Å². The van der Waals surface area contributed by atoms with Gasteiger partial charge >= 0.3 is 0 Å². The number of halogens is 1. The van der Waals surface area contributed by atoms with E-state index in [1.807, 2.05) is 17.9 Å². The highest BCUT2D eigenvalue weighted by Gasteiger charge is 2.15. The van der Waals surface area contributed by atoms with E-state index in [2.05, 4.69) is 50.9 Å². The van der Waals surface area contributed by atoms with Crippen molar-refractivity contribution in [1.29, 1.82) is 0 Å². The Labute approximate surface area is 108 Å². The van der Waals surface area contributed by atoms with E-state index in [1.54, 1.807) is 11.3 Å². The Morgan fingerprint density at radius 1 is 1.56 bits per heavy atom. The van der Waals surface area contributed by atoms with Crippen LogP contribution in [0.25, 0.3) is 0 Å². The van der Waals surface area contributed by atoms with Crippen LogP contribution in [0.1, 0.15) is 24.1 Å². The molecule has 0 aromatic carbocycles. The lowest BCUT2D eigenvalue weighted by Crippen LogP contribution is -2.21. The molecule has 0 spiro atoms. The number of hydrogen-bond acceptors (Lipinski definition) is 3. The number of aromatic nitrogens is 2. The molecule has 1 N–H and O–H groups in total. The summed E-state index contributed by atoms with van der Waals surface area (Å²) in [6.45, 7) is 3.05. The third-order valence-corrected chi connectivity index (χ3v) is 3.91. The molecule has 0 bridgehead atoms. The highest BCUT2D eigenvalue weighted by Crippen LogP contribution is 2.29. The molecule has 0 saturated carbocycles. The maximum atomic E-state index is 4.22. The Kier molecular flexibility index (Phi) is 3.78. The van der Waals surface area contributed by atoms with E-state index < -0.39 is 0 Å². The molecular weight excluding hydrogens is 286 g/mol. The molecule has 2 rings (SSSR count). The molecule has 0 fully saturated rings. The summed E-state index contributed by atoms with van der Waals surface area (Å²) in [5, 5.41) is 9.87. The van der Waals surface area contributed by atoms with Gasteiger partial charge in [-0.1, -0.05) is 6.92 Å². The predicted molar refractivity (Wildman–Crippen MR) is 70.7 cm³/mol. The predicted octanol–water partition coefficient (Wildman–Crippen LogP) is 2.94. The number of rotatable bonds is 4. The number of nitrogens with zero attached hydrogens (tertiary/aromatic N) is 2. The third kappa shape index (κ3) is 2.53. The Balaban J connectivity index is 2.30. The zero-order valence-corrected chi connectivity index (χ0v) is 11.7. The lowest BCUT2D eigenvalue weighted by Gasteiger charge is -2.14. The zero-order valence-electron chi connectivity index (χ0n) is 9.27. The van der Waals surface area contributed by atoms with Crippen LogP contribution in [0, 0.1) is 0 Å². The second-order valence-corrected chi connectivity index (χ2v) is 5.91. The smallest absolute Gasteiger partial charge is 0.0701 e. The van der Waals surface area contributed by atoms with Gasteiger partial charge in [-0.3, -0.25) is 4.68 Å². The monoisotopic (exact) mass is 299 g/mol. The number of thiophene rings is 1. The fourth-order valence-electron chi connectivity index (χ4n) is 1.70. The Hall–Kier alpha value is -0.650. The summed E-state index contributed by atoms with van der Waals surface area (Å²) < 4.78 is 3.00. The maximum Gasteiger partial charge on any atom is 0.0701 e. The van der Waals surface area contributed by atoms with Gasteiger partial charge < -0.3 is 5.32 Å². The fraction of sp³-hybridized carbons (Fsp3) is 0.364. The Morgan fingerprint density at radius 2 is 2.38 bits per heavy atom. The molecular formula is C11H14BrN3S. The van der Waals surface area contributed by atoms with Crippen LogP contribution in [0.4, 0.5) is 0 Å². The average Bonchev–Trinajstić information content (AvgIpc) is 2.84. The molecule has 86 valence electrons. The van der Waals surface area contributed by atoms with Gasteiger partial charge in [-0.15, -0.1) is 11.3 Å². The van der Waals surface area contributed by atoms with Crippen LogP contribution in [-0.2, 0) is 7.05 Å². The van der Waals surface area contributed by atoms with Crippen molar-refractivity contribution < 1.29 is 0 Å². The lowest BCUT2D eigenvalue weighted by atomic mass is 10.1. The van der Waals surface area contributed by atoms with Crippen molar-refractivity contribution in [2.75, 3.05) is 6.54 Å². The van der Waals surface area contributed by atoms with E-state index in [0.29, 0.717) is 0 Å². The summed E-state index contributed by atoms with van der Waals surface area (Å²) >= 11 is 5.21. The Bertz CT molecular complexity index is 423. The van der Waals surface area contributed by atoms with Gasteiger partial charge in [-0.2, -0.15) is 5.10 Å². The average molecular weight is 300 g/mol. The van der Waals surface area contributed by atoms with Crippen molar-refractivity contribution in [3.63, 3.8) is 0 Å². The van der Waals surface area contributed by atoms with Crippen molar-refractivity contribution in [3.05, 3.63) is 38.8 Å².